The van der Waals surface area contributed by atoms with E-state index in [1.54, 1.807) is 42.2 Å². The fraction of sp³-hybridized carbons (Fsp3) is 0.459. The van der Waals surface area contributed by atoms with Gasteiger partial charge in [-0.3, -0.25) is 9.59 Å². The van der Waals surface area contributed by atoms with E-state index in [-0.39, 0.29) is 60.4 Å². The van der Waals surface area contributed by atoms with E-state index in [1.807, 2.05) is 44.2 Å². The molecule has 0 aliphatic carbocycles. The van der Waals surface area contributed by atoms with Gasteiger partial charge >= 0.3 is 0 Å². The number of carbonyl (C=O) groups is 2. The molecule has 0 radical (unpaired) electrons. The van der Waals surface area contributed by atoms with Crippen LogP contribution in [-0.4, -0.2) is 93.3 Å². The number of anilines is 1. The summed E-state index contributed by atoms with van der Waals surface area (Å²) in [5.41, 5.74) is 1.56. The van der Waals surface area contributed by atoms with Crippen LogP contribution >= 0.6 is 0 Å². The Hall–Kier alpha value is -3.97. The minimum atomic E-state index is -3.85. The molecule has 0 bridgehead atoms. The number of carbonyl (C=O) groups excluding carboxylic acids is 2. The highest BCUT2D eigenvalue weighted by molar-refractivity contribution is 7.89. The molecule has 4 rings (SSSR count). The predicted molar refractivity (Wildman–Crippen MR) is 188 cm³/mol. The van der Waals surface area contributed by atoms with Crippen molar-refractivity contribution in [3.8, 4) is 11.5 Å². The quantitative estimate of drug-likeness (QED) is 0.303. The van der Waals surface area contributed by atoms with E-state index >= 15 is 0 Å². The molecule has 3 aromatic carbocycles. The average molecular weight is 696 g/mol. The standard InChI is InChI=1S/C37H49N3O8S/c1-26-23-40(27(2)25-41)37(43)33-22-30(38-36(42)21-29-12-7-6-8-13-29)14-19-34(33)48-28(3)11-9-10-20-47-35(26)24-39(4)49(44,45)32-17-15-31(46-5)16-18-32/h6-8,12-19,22,26-28,35,41H,9-11,20-21,23-25H2,1-5H3,(H,38,42)/t26-,27-,28+,35+/m0/s1. The van der Waals surface area contributed by atoms with Crippen LogP contribution in [0.15, 0.2) is 77.7 Å². The zero-order valence-electron chi connectivity index (χ0n) is 29.0. The lowest BCUT2D eigenvalue weighted by Crippen LogP contribution is -2.48. The maximum absolute atomic E-state index is 14.4. The molecule has 2 N–H and O–H groups in total. The Bertz CT molecular complexity index is 1640. The van der Waals surface area contributed by atoms with Crippen LogP contribution in [-0.2, 0) is 26.0 Å². The van der Waals surface area contributed by atoms with Gasteiger partial charge in [-0.15, -0.1) is 0 Å². The van der Waals surface area contributed by atoms with Crippen LogP contribution in [0.4, 0.5) is 5.69 Å². The van der Waals surface area contributed by atoms with Crippen LogP contribution in [0.3, 0.4) is 0 Å². The molecular formula is C37H49N3O8S. The Balaban J connectivity index is 1.62. The zero-order chi connectivity index (χ0) is 35.6. The van der Waals surface area contributed by atoms with Crippen molar-refractivity contribution in [2.75, 3.05) is 45.8 Å². The molecule has 2 amide bonds. The van der Waals surface area contributed by atoms with Gasteiger partial charge in [-0.05, 0) is 81.1 Å². The summed E-state index contributed by atoms with van der Waals surface area (Å²) in [4.78, 5) is 29.0. The van der Waals surface area contributed by atoms with Gasteiger partial charge in [0.2, 0.25) is 15.9 Å². The first kappa shape index (κ1) is 37.8. The third-order valence-electron chi connectivity index (χ3n) is 8.75. The van der Waals surface area contributed by atoms with Crippen molar-refractivity contribution < 1.29 is 37.3 Å². The zero-order valence-corrected chi connectivity index (χ0v) is 29.8. The molecule has 0 spiro atoms. The van der Waals surface area contributed by atoms with Crippen LogP contribution in [0.25, 0.3) is 0 Å². The molecule has 1 aliphatic rings. The van der Waals surface area contributed by atoms with Crippen molar-refractivity contribution in [2.45, 2.75) is 69.6 Å². The van der Waals surface area contributed by atoms with Gasteiger partial charge in [0, 0.05) is 38.3 Å². The first-order valence-corrected chi connectivity index (χ1v) is 18.1. The van der Waals surface area contributed by atoms with Crippen LogP contribution < -0.4 is 14.8 Å². The Morgan fingerprint density at radius 2 is 1.80 bits per heavy atom. The fourth-order valence-electron chi connectivity index (χ4n) is 5.73. The summed E-state index contributed by atoms with van der Waals surface area (Å²) in [5.74, 6) is -0.000203. The third kappa shape index (κ3) is 10.3. The van der Waals surface area contributed by atoms with Crippen LogP contribution in [0.2, 0.25) is 0 Å². The van der Waals surface area contributed by atoms with Gasteiger partial charge in [0.25, 0.3) is 5.91 Å². The molecule has 0 unspecified atom stereocenters. The normalized spacial score (nSPS) is 20.1. The molecule has 49 heavy (non-hydrogen) atoms. The largest absolute Gasteiger partial charge is 0.497 e. The van der Waals surface area contributed by atoms with Gasteiger partial charge in [0.15, 0.2) is 0 Å². The molecule has 12 heteroatoms. The number of ether oxygens (including phenoxy) is 3. The summed E-state index contributed by atoms with van der Waals surface area (Å²) < 4.78 is 46.1. The Morgan fingerprint density at radius 3 is 2.47 bits per heavy atom. The molecule has 11 nitrogen and oxygen atoms in total. The lowest BCUT2D eigenvalue weighted by atomic mass is 10.0. The average Bonchev–Trinajstić information content (AvgIpc) is 3.09. The minimum absolute atomic E-state index is 0.0543. The molecule has 266 valence electrons. The first-order chi connectivity index (χ1) is 23.4. The molecule has 4 atom stereocenters. The fourth-order valence-corrected chi connectivity index (χ4v) is 6.91. The lowest BCUT2D eigenvalue weighted by molar-refractivity contribution is -0.115. The number of methoxy groups -OCH3 is 1. The lowest BCUT2D eigenvalue weighted by Gasteiger charge is -2.35. The highest BCUT2D eigenvalue weighted by atomic mass is 32.2. The van der Waals surface area contributed by atoms with Crippen LogP contribution in [0.1, 0.15) is 56.0 Å². The molecular weight excluding hydrogens is 646 g/mol. The van der Waals surface area contributed by atoms with Gasteiger partial charge in [-0.1, -0.05) is 37.3 Å². The van der Waals surface area contributed by atoms with E-state index in [9.17, 15) is 23.1 Å². The molecule has 1 aliphatic heterocycles. The molecule has 0 saturated carbocycles. The second kappa shape index (κ2) is 17.6. The molecule has 0 saturated heterocycles. The SMILES string of the molecule is COc1ccc(S(=O)(=O)N(C)C[C@H]2OCCCC[C@@H](C)Oc3ccc(NC(=O)Cc4ccccc4)cc3C(=O)N([C@@H](C)CO)C[C@@H]2C)cc1. The van der Waals surface area contributed by atoms with E-state index in [0.717, 1.165) is 18.4 Å². The number of aliphatic hydroxyl groups excluding tert-OH is 1. The monoisotopic (exact) mass is 695 g/mol. The van der Waals surface area contributed by atoms with Gasteiger partial charge in [0.05, 0.1) is 48.8 Å². The Labute approximate surface area is 290 Å². The number of aliphatic hydroxyl groups is 1. The van der Waals surface area contributed by atoms with Gasteiger partial charge in [-0.2, -0.15) is 4.31 Å². The van der Waals surface area contributed by atoms with Crippen molar-refractivity contribution in [3.05, 3.63) is 83.9 Å². The summed E-state index contributed by atoms with van der Waals surface area (Å²) in [7, 11) is -0.814. The number of nitrogens with one attached hydrogen (secondary N) is 1. The number of nitrogens with zero attached hydrogens (tertiary/aromatic N) is 2. The summed E-state index contributed by atoms with van der Waals surface area (Å²) in [5, 5.41) is 13.1. The Morgan fingerprint density at radius 1 is 1.08 bits per heavy atom. The van der Waals surface area contributed by atoms with Crippen molar-refractivity contribution in [3.63, 3.8) is 0 Å². The molecule has 0 fully saturated rings. The number of hydrogen-bond donors (Lipinski definition) is 2. The number of benzene rings is 3. The van der Waals surface area contributed by atoms with Crippen molar-refractivity contribution in [1.82, 2.24) is 9.21 Å². The van der Waals surface area contributed by atoms with Gasteiger partial charge < -0.3 is 29.5 Å². The topological polar surface area (TPSA) is 135 Å². The van der Waals surface area contributed by atoms with Gasteiger partial charge in [-0.25, -0.2) is 8.42 Å². The Kier molecular flexibility index (Phi) is 13.6. The van der Waals surface area contributed by atoms with Crippen molar-refractivity contribution >= 4 is 27.5 Å². The first-order valence-electron chi connectivity index (χ1n) is 16.7. The number of fused-ring (bicyclic) bond motifs is 1. The predicted octanol–water partition coefficient (Wildman–Crippen LogP) is 4.99. The highest BCUT2D eigenvalue weighted by Gasteiger charge is 2.32. The number of hydrogen-bond acceptors (Lipinski definition) is 8. The second-order valence-electron chi connectivity index (χ2n) is 12.7. The summed E-state index contributed by atoms with van der Waals surface area (Å²) >= 11 is 0. The molecule has 0 aromatic heterocycles. The highest BCUT2D eigenvalue weighted by Crippen LogP contribution is 2.29. The summed E-state index contributed by atoms with van der Waals surface area (Å²) in [6.45, 7) is 5.93. The maximum atomic E-state index is 14.4. The van der Waals surface area contributed by atoms with E-state index in [2.05, 4.69) is 5.32 Å². The number of sulfonamides is 1. The van der Waals surface area contributed by atoms with E-state index in [1.165, 1.54) is 30.6 Å². The third-order valence-corrected chi connectivity index (χ3v) is 10.6. The molecule has 1 heterocycles. The summed E-state index contributed by atoms with van der Waals surface area (Å²) in [6.07, 6.45) is 1.64. The van der Waals surface area contributed by atoms with Crippen molar-refractivity contribution in [1.29, 1.82) is 0 Å². The van der Waals surface area contributed by atoms with E-state index in [4.69, 9.17) is 14.2 Å². The van der Waals surface area contributed by atoms with Crippen molar-refractivity contribution in [2.24, 2.45) is 5.92 Å². The molecule has 3 aromatic rings. The minimum Gasteiger partial charge on any atom is -0.497 e. The summed E-state index contributed by atoms with van der Waals surface area (Å²) in [6, 6.07) is 20.0. The smallest absolute Gasteiger partial charge is 0.258 e. The maximum Gasteiger partial charge on any atom is 0.258 e. The van der Waals surface area contributed by atoms with E-state index in [0.29, 0.717) is 30.2 Å². The van der Waals surface area contributed by atoms with Crippen LogP contribution in [0.5, 0.6) is 11.5 Å². The van der Waals surface area contributed by atoms with Gasteiger partial charge in [0.1, 0.15) is 11.5 Å². The number of rotatable bonds is 10. The second-order valence-corrected chi connectivity index (χ2v) is 14.7. The van der Waals surface area contributed by atoms with Crippen LogP contribution in [0, 0.1) is 5.92 Å². The number of likely N-dealkylation sites (N-methyl/N-ethyl adjacent to an activating group) is 1. The number of amides is 2. The van der Waals surface area contributed by atoms with E-state index < -0.39 is 22.2 Å².